The molecule has 0 radical (unpaired) electrons. The van der Waals surface area contributed by atoms with E-state index < -0.39 is 10.8 Å². The zero-order valence-corrected chi connectivity index (χ0v) is 15.3. The number of nitrogens with zero attached hydrogens (tertiary/aromatic N) is 2. The maximum atomic E-state index is 11.9. The maximum Gasteiger partial charge on any atom is 0.282 e. The second-order valence-corrected chi connectivity index (χ2v) is 5.56. The zero-order valence-electron chi connectivity index (χ0n) is 14.6. The first-order valence-corrected chi connectivity index (χ1v) is 8.04. The Morgan fingerprint density at radius 2 is 1.93 bits per heavy atom. The highest BCUT2D eigenvalue weighted by Gasteiger charge is 2.18. The van der Waals surface area contributed by atoms with E-state index in [1.54, 1.807) is 24.3 Å². The minimum absolute atomic E-state index is 0.0743. The van der Waals surface area contributed by atoms with Crippen molar-refractivity contribution in [2.45, 2.75) is 0 Å². The number of rotatable bonds is 8. The monoisotopic (exact) mass is 392 g/mol. The van der Waals surface area contributed by atoms with Crippen molar-refractivity contribution in [1.82, 2.24) is 5.43 Å². The van der Waals surface area contributed by atoms with E-state index in [2.05, 4.69) is 15.8 Å². The number of nitrogens with one attached hydrogen (secondary N) is 2. The summed E-state index contributed by atoms with van der Waals surface area (Å²) in [5.41, 5.74) is 2.80. The minimum Gasteiger partial charge on any atom is -0.493 e. The van der Waals surface area contributed by atoms with E-state index in [1.807, 2.05) is 0 Å². The van der Waals surface area contributed by atoms with Gasteiger partial charge in [-0.25, -0.2) is 5.43 Å². The second-order valence-electron chi connectivity index (χ2n) is 5.15. The Balaban J connectivity index is 2.05. The third kappa shape index (κ3) is 5.32. The van der Waals surface area contributed by atoms with Gasteiger partial charge in [0.25, 0.3) is 11.6 Å². The van der Waals surface area contributed by atoms with Crippen molar-refractivity contribution in [2.24, 2.45) is 5.10 Å². The number of hydrogen-bond donors (Lipinski definition) is 2. The van der Waals surface area contributed by atoms with E-state index >= 15 is 0 Å². The number of amides is 1. The van der Waals surface area contributed by atoms with E-state index in [0.717, 1.165) is 6.21 Å². The fourth-order valence-electron chi connectivity index (χ4n) is 2.14. The molecule has 0 heterocycles. The van der Waals surface area contributed by atoms with Gasteiger partial charge in [-0.05, 0) is 18.2 Å². The van der Waals surface area contributed by atoms with Crippen molar-refractivity contribution >= 4 is 35.1 Å². The Bertz CT molecular complexity index is 872. The Kier molecular flexibility index (Phi) is 6.95. The van der Waals surface area contributed by atoms with Gasteiger partial charge in [0.1, 0.15) is 0 Å². The van der Waals surface area contributed by atoms with Crippen molar-refractivity contribution in [3.8, 4) is 11.5 Å². The van der Waals surface area contributed by atoms with Gasteiger partial charge in [-0.1, -0.05) is 23.7 Å². The van der Waals surface area contributed by atoms with Crippen molar-refractivity contribution in [1.29, 1.82) is 0 Å². The van der Waals surface area contributed by atoms with Crippen LogP contribution in [0.2, 0.25) is 5.02 Å². The SMILES string of the molecule is COc1cc(/C=N\NC(=O)CNc2ccccc2Cl)c([N+](=O)[O-])cc1OC. The highest BCUT2D eigenvalue weighted by molar-refractivity contribution is 6.33. The van der Waals surface area contributed by atoms with Crippen molar-refractivity contribution in [3.05, 3.63) is 57.1 Å². The molecule has 0 spiro atoms. The van der Waals surface area contributed by atoms with E-state index in [-0.39, 0.29) is 23.5 Å². The molecule has 142 valence electrons. The smallest absolute Gasteiger partial charge is 0.282 e. The molecular formula is C17H17ClN4O5. The number of nitro groups is 1. The number of halogens is 1. The number of methoxy groups -OCH3 is 2. The van der Waals surface area contributed by atoms with Crippen LogP contribution in [0.5, 0.6) is 11.5 Å². The molecule has 2 rings (SSSR count). The number of benzene rings is 2. The summed E-state index contributed by atoms with van der Waals surface area (Å²) in [6.45, 7) is -0.0743. The molecule has 0 aromatic heterocycles. The van der Waals surface area contributed by atoms with Gasteiger partial charge in [-0.15, -0.1) is 0 Å². The third-order valence-corrected chi connectivity index (χ3v) is 3.77. The van der Waals surface area contributed by atoms with Crippen LogP contribution in [-0.2, 0) is 4.79 Å². The highest BCUT2D eigenvalue weighted by atomic mass is 35.5. The van der Waals surface area contributed by atoms with Crippen LogP contribution in [0, 0.1) is 10.1 Å². The first-order chi connectivity index (χ1) is 13.0. The van der Waals surface area contributed by atoms with Crippen LogP contribution in [-0.4, -0.2) is 37.8 Å². The summed E-state index contributed by atoms with van der Waals surface area (Å²) in [4.78, 5) is 22.5. The fraction of sp³-hybridized carbons (Fsp3) is 0.176. The summed E-state index contributed by atoms with van der Waals surface area (Å²) in [6.07, 6.45) is 1.16. The lowest BCUT2D eigenvalue weighted by Crippen LogP contribution is -2.26. The standard InChI is InChI=1S/C17H17ClN4O5/c1-26-15-7-11(14(22(24)25)8-16(15)27-2)9-20-21-17(23)10-19-13-6-4-3-5-12(13)18/h3-9,19H,10H2,1-2H3,(H,21,23)/b20-9-. The van der Waals surface area contributed by atoms with Crippen molar-refractivity contribution < 1.29 is 19.2 Å². The normalized spacial score (nSPS) is 10.5. The Morgan fingerprint density at radius 1 is 1.26 bits per heavy atom. The lowest BCUT2D eigenvalue weighted by Gasteiger charge is -2.08. The number of carbonyl (C=O) groups excluding carboxylic acids is 1. The molecule has 0 saturated heterocycles. The fourth-order valence-corrected chi connectivity index (χ4v) is 2.34. The van der Waals surface area contributed by atoms with Crippen LogP contribution < -0.4 is 20.2 Å². The summed E-state index contributed by atoms with van der Waals surface area (Å²) < 4.78 is 10.2. The van der Waals surface area contributed by atoms with Crippen LogP contribution in [0.15, 0.2) is 41.5 Å². The number of hydrogen-bond acceptors (Lipinski definition) is 7. The Labute approximate surface area is 160 Å². The van der Waals surface area contributed by atoms with Gasteiger partial charge in [-0.2, -0.15) is 5.10 Å². The van der Waals surface area contributed by atoms with Crippen LogP contribution in [0.25, 0.3) is 0 Å². The van der Waals surface area contributed by atoms with E-state index in [1.165, 1.54) is 26.4 Å². The average Bonchev–Trinajstić information content (AvgIpc) is 2.66. The summed E-state index contributed by atoms with van der Waals surface area (Å²) in [7, 11) is 2.79. The number of ether oxygens (including phenoxy) is 2. The van der Waals surface area contributed by atoms with Gasteiger partial charge in [0, 0.05) is 0 Å². The van der Waals surface area contributed by atoms with Crippen molar-refractivity contribution in [2.75, 3.05) is 26.1 Å². The number of carbonyl (C=O) groups is 1. The third-order valence-electron chi connectivity index (χ3n) is 3.44. The summed E-state index contributed by atoms with van der Waals surface area (Å²) in [5.74, 6) is 0.0693. The van der Waals surface area contributed by atoms with Crippen LogP contribution in [0.4, 0.5) is 11.4 Å². The summed E-state index contributed by atoms with van der Waals surface area (Å²) in [6, 6.07) is 9.59. The lowest BCUT2D eigenvalue weighted by molar-refractivity contribution is -0.385. The molecule has 2 aromatic carbocycles. The first-order valence-electron chi connectivity index (χ1n) is 7.67. The van der Waals surface area contributed by atoms with Gasteiger partial charge in [0.2, 0.25) is 0 Å². The predicted molar refractivity (Wildman–Crippen MR) is 102 cm³/mol. The van der Waals surface area contributed by atoms with E-state index in [4.69, 9.17) is 21.1 Å². The predicted octanol–water partition coefficient (Wildman–Crippen LogP) is 2.83. The van der Waals surface area contributed by atoms with Gasteiger partial charge in [0.05, 0.1) is 54.2 Å². The molecule has 0 aliphatic carbocycles. The molecule has 0 fully saturated rings. The number of hydrazone groups is 1. The van der Waals surface area contributed by atoms with Gasteiger partial charge in [0.15, 0.2) is 11.5 Å². The molecule has 2 aromatic rings. The van der Waals surface area contributed by atoms with E-state index in [9.17, 15) is 14.9 Å². The molecule has 0 aliphatic heterocycles. The van der Waals surface area contributed by atoms with Gasteiger partial charge >= 0.3 is 0 Å². The van der Waals surface area contributed by atoms with Crippen LogP contribution in [0.1, 0.15) is 5.56 Å². The molecule has 0 atom stereocenters. The number of anilines is 1. The maximum absolute atomic E-state index is 11.9. The molecular weight excluding hydrogens is 376 g/mol. The Morgan fingerprint density at radius 3 is 2.56 bits per heavy atom. The number of nitro benzene ring substituents is 1. The second kappa shape index (κ2) is 9.39. The molecule has 1 amide bonds. The molecule has 0 aliphatic rings. The molecule has 0 unspecified atom stereocenters. The van der Waals surface area contributed by atoms with Crippen LogP contribution >= 0.6 is 11.6 Å². The van der Waals surface area contributed by atoms with Gasteiger partial charge < -0.3 is 14.8 Å². The van der Waals surface area contributed by atoms with Crippen molar-refractivity contribution in [3.63, 3.8) is 0 Å². The first kappa shape index (κ1) is 20.0. The topological polar surface area (TPSA) is 115 Å². The molecule has 2 N–H and O–H groups in total. The summed E-state index contributed by atoms with van der Waals surface area (Å²) in [5, 5.41) is 18.3. The molecule has 9 nitrogen and oxygen atoms in total. The lowest BCUT2D eigenvalue weighted by atomic mass is 10.1. The number of para-hydroxylation sites is 1. The minimum atomic E-state index is -0.579. The van der Waals surface area contributed by atoms with Gasteiger partial charge in [-0.3, -0.25) is 14.9 Å². The zero-order chi connectivity index (χ0) is 19.8. The average molecular weight is 393 g/mol. The quantitative estimate of drug-likeness (QED) is 0.405. The van der Waals surface area contributed by atoms with Crippen LogP contribution in [0.3, 0.4) is 0 Å². The summed E-state index contributed by atoms with van der Waals surface area (Å²) >= 11 is 5.98. The van der Waals surface area contributed by atoms with E-state index in [0.29, 0.717) is 16.5 Å². The molecule has 10 heteroatoms. The molecule has 0 bridgehead atoms. The highest BCUT2D eigenvalue weighted by Crippen LogP contribution is 2.33. The molecule has 0 saturated carbocycles. The molecule has 27 heavy (non-hydrogen) atoms. The largest absolute Gasteiger partial charge is 0.493 e. The Hall–Kier alpha value is -3.33.